The third-order valence-corrected chi connectivity index (χ3v) is 3.25. The summed E-state index contributed by atoms with van der Waals surface area (Å²) in [6.45, 7) is 7.28. The van der Waals surface area contributed by atoms with Crippen LogP contribution in [0.2, 0.25) is 0 Å². The number of anilines is 1. The standard InChI is InChI=1S/C14H25N3O2/c1-4-7-8-11(5-2)9-17-10-12(15)13(16-17)14(18)19-6-3/h10-11H,4-9,15H2,1-3H3. The van der Waals surface area contributed by atoms with E-state index in [2.05, 4.69) is 18.9 Å². The van der Waals surface area contributed by atoms with Gasteiger partial charge in [0.1, 0.15) is 0 Å². The summed E-state index contributed by atoms with van der Waals surface area (Å²) in [5.74, 6) is 0.134. The van der Waals surface area contributed by atoms with Crippen molar-refractivity contribution >= 4 is 11.7 Å². The summed E-state index contributed by atoms with van der Waals surface area (Å²) >= 11 is 0. The van der Waals surface area contributed by atoms with Crippen molar-refractivity contribution in [3.8, 4) is 0 Å². The van der Waals surface area contributed by atoms with Gasteiger partial charge in [0.15, 0.2) is 5.69 Å². The van der Waals surface area contributed by atoms with E-state index in [4.69, 9.17) is 10.5 Å². The number of carbonyl (C=O) groups is 1. The molecule has 0 amide bonds. The van der Waals surface area contributed by atoms with Crippen molar-refractivity contribution in [1.82, 2.24) is 9.78 Å². The van der Waals surface area contributed by atoms with Crippen LogP contribution in [0.3, 0.4) is 0 Å². The minimum atomic E-state index is -0.444. The molecule has 2 N–H and O–H groups in total. The van der Waals surface area contributed by atoms with E-state index >= 15 is 0 Å². The van der Waals surface area contributed by atoms with Crippen molar-refractivity contribution in [1.29, 1.82) is 0 Å². The molecular weight excluding hydrogens is 242 g/mol. The van der Waals surface area contributed by atoms with Gasteiger partial charge in [0.2, 0.25) is 0 Å². The number of aromatic nitrogens is 2. The Labute approximate surface area is 115 Å². The number of unbranched alkanes of at least 4 members (excludes halogenated alkanes) is 1. The van der Waals surface area contributed by atoms with Crippen LogP contribution in [0.15, 0.2) is 6.20 Å². The minimum Gasteiger partial charge on any atom is -0.461 e. The average molecular weight is 267 g/mol. The molecule has 0 aliphatic rings. The SMILES string of the molecule is CCCCC(CC)Cn1cc(N)c(C(=O)OCC)n1. The molecule has 19 heavy (non-hydrogen) atoms. The van der Waals surface area contributed by atoms with Crippen molar-refractivity contribution in [3.63, 3.8) is 0 Å². The first kappa shape index (κ1) is 15.5. The number of hydrogen-bond donors (Lipinski definition) is 1. The molecular formula is C14H25N3O2. The summed E-state index contributed by atoms with van der Waals surface area (Å²) in [5, 5.41) is 4.24. The summed E-state index contributed by atoms with van der Waals surface area (Å²) in [6.07, 6.45) is 6.43. The maximum Gasteiger partial charge on any atom is 0.361 e. The lowest BCUT2D eigenvalue weighted by molar-refractivity contribution is 0.0519. The fraction of sp³-hybridized carbons (Fsp3) is 0.714. The number of nitrogens with zero attached hydrogens (tertiary/aromatic N) is 2. The van der Waals surface area contributed by atoms with Crippen LogP contribution in [0.5, 0.6) is 0 Å². The summed E-state index contributed by atoms with van der Waals surface area (Å²) < 4.78 is 6.69. The Morgan fingerprint density at radius 2 is 2.21 bits per heavy atom. The Hall–Kier alpha value is -1.52. The number of hydrogen-bond acceptors (Lipinski definition) is 4. The molecule has 1 unspecified atom stereocenters. The zero-order chi connectivity index (χ0) is 14.3. The second-order valence-electron chi connectivity index (χ2n) is 4.79. The summed E-state index contributed by atoms with van der Waals surface area (Å²) in [7, 11) is 0. The molecule has 1 atom stereocenters. The van der Waals surface area contributed by atoms with Gasteiger partial charge in [0, 0.05) is 12.7 Å². The molecule has 1 heterocycles. The normalized spacial score (nSPS) is 12.4. The molecule has 5 heteroatoms. The van der Waals surface area contributed by atoms with Gasteiger partial charge in [0.05, 0.1) is 12.3 Å². The Morgan fingerprint density at radius 1 is 1.47 bits per heavy atom. The summed E-state index contributed by atoms with van der Waals surface area (Å²) in [6, 6.07) is 0. The Kier molecular flexibility index (Phi) is 6.39. The molecule has 0 saturated carbocycles. The maximum atomic E-state index is 11.6. The van der Waals surface area contributed by atoms with Gasteiger partial charge in [-0.05, 0) is 19.3 Å². The second-order valence-corrected chi connectivity index (χ2v) is 4.79. The maximum absolute atomic E-state index is 11.6. The van der Waals surface area contributed by atoms with Crippen molar-refractivity contribution in [2.24, 2.45) is 5.92 Å². The zero-order valence-corrected chi connectivity index (χ0v) is 12.2. The van der Waals surface area contributed by atoms with E-state index in [1.807, 2.05) is 0 Å². The molecule has 108 valence electrons. The van der Waals surface area contributed by atoms with Crippen LogP contribution < -0.4 is 5.73 Å². The van der Waals surface area contributed by atoms with E-state index in [1.165, 1.54) is 19.3 Å². The Balaban J connectivity index is 2.68. The number of rotatable bonds is 8. The van der Waals surface area contributed by atoms with E-state index in [1.54, 1.807) is 17.8 Å². The highest BCUT2D eigenvalue weighted by atomic mass is 16.5. The molecule has 1 aromatic heterocycles. The molecule has 0 spiro atoms. The number of esters is 1. The molecule has 0 aromatic carbocycles. The molecule has 1 aromatic rings. The molecule has 0 saturated heterocycles. The van der Waals surface area contributed by atoms with Crippen LogP contribution in [-0.4, -0.2) is 22.4 Å². The highest BCUT2D eigenvalue weighted by Crippen LogP contribution is 2.17. The topological polar surface area (TPSA) is 70.1 Å². The highest BCUT2D eigenvalue weighted by Gasteiger charge is 2.17. The van der Waals surface area contributed by atoms with Crippen LogP contribution >= 0.6 is 0 Å². The molecule has 0 aliphatic carbocycles. The molecule has 1 rings (SSSR count). The number of nitrogen functional groups attached to an aromatic ring is 1. The van der Waals surface area contributed by atoms with Gasteiger partial charge in [-0.2, -0.15) is 5.10 Å². The van der Waals surface area contributed by atoms with E-state index in [0.717, 1.165) is 13.0 Å². The van der Waals surface area contributed by atoms with Crippen LogP contribution in [-0.2, 0) is 11.3 Å². The van der Waals surface area contributed by atoms with Crippen LogP contribution in [0.25, 0.3) is 0 Å². The highest BCUT2D eigenvalue weighted by molar-refractivity contribution is 5.92. The third kappa shape index (κ3) is 4.58. The van der Waals surface area contributed by atoms with E-state index in [0.29, 0.717) is 18.2 Å². The Morgan fingerprint density at radius 3 is 2.79 bits per heavy atom. The lowest BCUT2D eigenvalue weighted by atomic mass is 10.00. The van der Waals surface area contributed by atoms with E-state index in [9.17, 15) is 4.79 Å². The van der Waals surface area contributed by atoms with E-state index in [-0.39, 0.29) is 5.69 Å². The molecule has 0 radical (unpaired) electrons. The minimum absolute atomic E-state index is 0.229. The lowest BCUT2D eigenvalue weighted by Gasteiger charge is -2.13. The first-order chi connectivity index (χ1) is 9.12. The monoisotopic (exact) mass is 267 g/mol. The van der Waals surface area contributed by atoms with Gasteiger partial charge in [-0.1, -0.05) is 33.1 Å². The van der Waals surface area contributed by atoms with Crippen molar-refractivity contribution in [2.75, 3.05) is 12.3 Å². The average Bonchev–Trinajstić information content (AvgIpc) is 2.75. The number of carbonyl (C=O) groups excluding carboxylic acids is 1. The van der Waals surface area contributed by atoms with Crippen LogP contribution in [0.4, 0.5) is 5.69 Å². The van der Waals surface area contributed by atoms with Gasteiger partial charge in [-0.25, -0.2) is 4.79 Å². The van der Waals surface area contributed by atoms with Crippen LogP contribution in [0.1, 0.15) is 56.9 Å². The fourth-order valence-corrected chi connectivity index (χ4v) is 2.07. The van der Waals surface area contributed by atoms with Crippen molar-refractivity contribution < 1.29 is 9.53 Å². The van der Waals surface area contributed by atoms with Gasteiger partial charge < -0.3 is 10.5 Å². The predicted octanol–water partition coefficient (Wildman–Crippen LogP) is 2.86. The predicted molar refractivity (Wildman–Crippen MR) is 75.9 cm³/mol. The summed E-state index contributed by atoms with van der Waals surface area (Å²) in [4.78, 5) is 11.6. The molecule has 0 fully saturated rings. The fourth-order valence-electron chi connectivity index (χ4n) is 2.07. The quantitative estimate of drug-likeness (QED) is 0.735. The number of nitrogens with two attached hydrogens (primary N) is 1. The number of ether oxygens (including phenoxy) is 1. The lowest BCUT2D eigenvalue weighted by Crippen LogP contribution is -2.12. The summed E-state index contributed by atoms with van der Waals surface area (Å²) in [5.41, 5.74) is 6.43. The zero-order valence-electron chi connectivity index (χ0n) is 12.2. The van der Waals surface area contributed by atoms with Gasteiger partial charge in [-0.3, -0.25) is 4.68 Å². The van der Waals surface area contributed by atoms with Crippen molar-refractivity contribution in [2.45, 2.75) is 53.0 Å². The largest absolute Gasteiger partial charge is 0.461 e. The molecule has 0 aliphatic heterocycles. The first-order valence-corrected chi connectivity index (χ1v) is 7.12. The molecule has 5 nitrogen and oxygen atoms in total. The van der Waals surface area contributed by atoms with Gasteiger partial charge in [-0.15, -0.1) is 0 Å². The van der Waals surface area contributed by atoms with Crippen molar-refractivity contribution in [3.05, 3.63) is 11.9 Å². The van der Waals surface area contributed by atoms with E-state index < -0.39 is 5.97 Å². The third-order valence-electron chi connectivity index (χ3n) is 3.25. The van der Waals surface area contributed by atoms with Crippen LogP contribution in [0, 0.1) is 5.92 Å². The van der Waals surface area contributed by atoms with Gasteiger partial charge in [0.25, 0.3) is 0 Å². The van der Waals surface area contributed by atoms with Gasteiger partial charge >= 0.3 is 5.97 Å². The molecule has 0 bridgehead atoms. The first-order valence-electron chi connectivity index (χ1n) is 7.12. The smallest absolute Gasteiger partial charge is 0.361 e. The Bertz CT molecular complexity index is 401. The second kappa shape index (κ2) is 7.81.